The van der Waals surface area contributed by atoms with Gasteiger partial charge in [0, 0.05) is 11.3 Å². The third kappa shape index (κ3) is 3.80. The van der Waals surface area contributed by atoms with Gasteiger partial charge in [-0.3, -0.25) is 0 Å². The Morgan fingerprint density at radius 2 is 1.78 bits per heavy atom. The minimum absolute atomic E-state index is 0.0224. The lowest BCUT2D eigenvalue weighted by Crippen LogP contribution is -2.38. The molecule has 0 N–H and O–H groups in total. The van der Waals surface area contributed by atoms with Crippen LogP contribution in [0.4, 0.5) is 5.69 Å². The summed E-state index contributed by atoms with van der Waals surface area (Å²) in [5, 5.41) is 0. The molecule has 8 nitrogen and oxygen atoms in total. The zero-order valence-corrected chi connectivity index (χ0v) is 15.8. The van der Waals surface area contributed by atoms with Crippen molar-refractivity contribution in [2.45, 2.75) is 19.4 Å². The van der Waals surface area contributed by atoms with Crippen LogP contribution in [0, 0.1) is 0 Å². The molecular weight excluding hydrogens is 352 g/mol. The van der Waals surface area contributed by atoms with Crippen LogP contribution in [0.25, 0.3) is 0 Å². The number of rotatable bonds is 4. The summed E-state index contributed by atoms with van der Waals surface area (Å²) in [6, 6.07) is 7.30. The smallest absolute Gasteiger partial charge is 0.355 e. The van der Waals surface area contributed by atoms with E-state index in [-0.39, 0.29) is 30.1 Å². The Morgan fingerprint density at radius 3 is 2.33 bits per heavy atom. The number of ether oxygens (including phenoxy) is 4. The average Bonchev–Trinajstić information content (AvgIpc) is 3.06. The Labute approximate surface area is 157 Å². The van der Waals surface area contributed by atoms with E-state index in [0.29, 0.717) is 18.2 Å². The van der Waals surface area contributed by atoms with Crippen LogP contribution in [-0.4, -0.2) is 57.5 Å². The van der Waals surface area contributed by atoms with E-state index in [0.717, 1.165) is 5.56 Å². The molecule has 0 amide bonds. The molecule has 144 valence electrons. The molecule has 0 fully saturated rings. The van der Waals surface area contributed by atoms with Crippen molar-refractivity contribution in [2.24, 2.45) is 4.99 Å². The Bertz CT molecular complexity index is 810. The lowest BCUT2D eigenvalue weighted by Gasteiger charge is -2.31. The molecule has 0 aliphatic carbocycles. The number of hydrogen-bond donors (Lipinski definition) is 0. The van der Waals surface area contributed by atoms with E-state index in [4.69, 9.17) is 18.9 Å². The number of esters is 2. The molecule has 1 aromatic carbocycles. The lowest BCUT2D eigenvalue weighted by molar-refractivity contribution is -0.140. The molecule has 0 spiro atoms. The monoisotopic (exact) mass is 374 g/mol. The highest BCUT2D eigenvalue weighted by atomic mass is 16.5. The van der Waals surface area contributed by atoms with Crippen LogP contribution in [0.2, 0.25) is 0 Å². The molecular formula is C19H22N2O6. The van der Waals surface area contributed by atoms with Crippen LogP contribution in [0.3, 0.4) is 0 Å². The Morgan fingerprint density at radius 1 is 1.11 bits per heavy atom. The van der Waals surface area contributed by atoms with Crippen molar-refractivity contribution >= 4 is 23.5 Å². The molecule has 0 unspecified atom stereocenters. The van der Waals surface area contributed by atoms with Gasteiger partial charge in [-0.05, 0) is 38.1 Å². The first-order chi connectivity index (χ1) is 12.9. The molecule has 2 aliphatic heterocycles. The second-order valence-electron chi connectivity index (χ2n) is 6.78. The molecule has 0 radical (unpaired) electrons. The van der Waals surface area contributed by atoms with Gasteiger partial charge < -0.3 is 23.8 Å². The Balaban J connectivity index is 1.94. The van der Waals surface area contributed by atoms with Crippen molar-refractivity contribution in [1.29, 1.82) is 0 Å². The molecule has 2 heterocycles. The van der Waals surface area contributed by atoms with Crippen molar-refractivity contribution in [2.75, 3.05) is 39.1 Å². The van der Waals surface area contributed by atoms with Gasteiger partial charge in [-0.15, -0.1) is 0 Å². The Kier molecular flexibility index (Phi) is 5.18. The molecule has 0 saturated heterocycles. The summed E-state index contributed by atoms with van der Waals surface area (Å²) < 4.78 is 20.7. The van der Waals surface area contributed by atoms with Gasteiger partial charge in [0.05, 0.1) is 31.9 Å². The van der Waals surface area contributed by atoms with Crippen LogP contribution in [0.1, 0.15) is 19.4 Å². The highest BCUT2D eigenvalue weighted by molar-refractivity contribution is 6.03. The van der Waals surface area contributed by atoms with Crippen LogP contribution >= 0.6 is 0 Å². The third-order valence-corrected chi connectivity index (χ3v) is 4.23. The average molecular weight is 374 g/mol. The fourth-order valence-corrected chi connectivity index (χ4v) is 2.86. The molecule has 0 aromatic heterocycles. The van der Waals surface area contributed by atoms with Gasteiger partial charge in [0.25, 0.3) is 0 Å². The van der Waals surface area contributed by atoms with Crippen molar-refractivity contribution in [1.82, 2.24) is 0 Å². The normalized spacial score (nSPS) is 18.7. The summed E-state index contributed by atoms with van der Waals surface area (Å²) >= 11 is 0. The fraction of sp³-hybridized carbons (Fsp3) is 0.421. The molecule has 27 heavy (non-hydrogen) atoms. The summed E-state index contributed by atoms with van der Waals surface area (Å²) in [4.78, 5) is 30.5. The number of carbonyl (C=O) groups excluding carboxylic acids is 2. The quantitative estimate of drug-likeness (QED) is 0.741. The summed E-state index contributed by atoms with van der Waals surface area (Å²) in [7, 11) is 2.51. The first-order valence-electron chi connectivity index (χ1n) is 8.44. The van der Waals surface area contributed by atoms with Gasteiger partial charge in [0.1, 0.15) is 19.0 Å². The predicted molar refractivity (Wildman–Crippen MR) is 97.4 cm³/mol. The fourth-order valence-electron chi connectivity index (χ4n) is 2.86. The van der Waals surface area contributed by atoms with E-state index < -0.39 is 11.9 Å². The number of hydrogen-bond acceptors (Lipinski definition) is 8. The maximum absolute atomic E-state index is 12.3. The molecule has 1 aromatic rings. The second-order valence-corrected chi connectivity index (χ2v) is 6.78. The first-order valence-corrected chi connectivity index (χ1v) is 8.44. The lowest BCUT2D eigenvalue weighted by atomic mass is 10.1. The van der Waals surface area contributed by atoms with E-state index in [1.165, 1.54) is 14.2 Å². The molecule has 0 saturated carbocycles. The van der Waals surface area contributed by atoms with Crippen molar-refractivity contribution in [3.05, 3.63) is 41.1 Å². The summed E-state index contributed by atoms with van der Waals surface area (Å²) in [5.41, 5.74) is 1.48. The van der Waals surface area contributed by atoms with Gasteiger partial charge in [-0.25, -0.2) is 14.6 Å². The van der Waals surface area contributed by atoms with Gasteiger partial charge in [0.2, 0.25) is 5.90 Å². The molecule has 0 atom stereocenters. The second kappa shape index (κ2) is 7.40. The van der Waals surface area contributed by atoms with Gasteiger partial charge in [-0.1, -0.05) is 0 Å². The maximum atomic E-state index is 12.3. The number of anilines is 1. The van der Waals surface area contributed by atoms with Gasteiger partial charge in [0.15, 0.2) is 0 Å². The van der Waals surface area contributed by atoms with Gasteiger partial charge >= 0.3 is 11.9 Å². The third-order valence-electron chi connectivity index (χ3n) is 4.23. The number of benzene rings is 1. The summed E-state index contributed by atoms with van der Waals surface area (Å²) in [5.74, 6) is -0.680. The summed E-state index contributed by atoms with van der Waals surface area (Å²) in [6.07, 6.45) is 0. The SMILES string of the molecule is COC(=O)C1=C(C(=O)OC)N(c2ccc(C3=NC(C)(C)CO3)cc2)COC1. The highest BCUT2D eigenvalue weighted by Gasteiger charge is 2.32. The van der Waals surface area contributed by atoms with E-state index in [9.17, 15) is 9.59 Å². The molecule has 3 rings (SSSR count). The highest BCUT2D eigenvalue weighted by Crippen LogP contribution is 2.28. The standard InChI is InChI=1S/C19H22N2O6/c1-19(2)10-27-16(20-19)12-5-7-13(8-6-12)21-11-26-9-14(17(22)24-3)15(21)18(23)25-4/h5-8H,9-11H2,1-4H3. The number of aliphatic imine (C=N–C) groups is 1. The van der Waals surface area contributed by atoms with Crippen molar-refractivity contribution in [3.8, 4) is 0 Å². The predicted octanol–water partition coefficient (Wildman–Crippen LogP) is 1.64. The zero-order chi connectivity index (χ0) is 19.6. The first kappa shape index (κ1) is 18.9. The topological polar surface area (TPSA) is 86.7 Å². The number of nitrogens with zero attached hydrogens (tertiary/aromatic N) is 2. The largest absolute Gasteiger partial charge is 0.475 e. The molecule has 2 aliphatic rings. The van der Waals surface area contributed by atoms with E-state index in [1.807, 2.05) is 26.0 Å². The van der Waals surface area contributed by atoms with E-state index in [2.05, 4.69) is 4.99 Å². The van der Waals surface area contributed by atoms with Crippen LogP contribution < -0.4 is 4.90 Å². The maximum Gasteiger partial charge on any atom is 0.355 e. The van der Waals surface area contributed by atoms with Crippen LogP contribution in [-0.2, 0) is 28.5 Å². The van der Waals surface area contributed by atoms with E-state index in [1.54, 1.807) is 17.0 Å². The zero-order valence-electron chi connectivity index (χ0n) is 15.8. The number of carbonyl (C=O) groups is 2. The molecule has 8 heteroatoms. The van der Waals surface area contributed by atoms with Crippen LogP contribution in [0.5, 0.6) is 0 Å². The molecule has 0 bridgehead atoms. The Hall–Kier alpha value is -2.87. The summed E-state index contributed by atoms with van der Waals surface area (Å²) in [6.45, 7) is 4.62. The number of methoxy groups -OCH3 is 2. The van der Waals surface area contributed by atoms with Gasteiger partial charge in [-0.2, -0.15) is 0 Å². The van der Waals surface area contributed by atoms with Crippen LogP contribution in [0.15, 0.2) is 40.5 Å². The minimum Gasteiger partial charge on any atom is -0.475 e. The minimum atomic E-state index is -0.632. The van der Waals surface area contributed by atoms with Crippen molar-refractivity contribution in [3.63, 3.8) is 0 Å². The van der Waals surface area contributed by atoms with E-state index >= 15 is 0 Å². The van der Waals surface area contributed by atoms with Crippen molar-refractivity contribution < 1.29 is 28.5 Å².